The Labute approximate surface area is 392 Å². The number of unbranched alkanes of at least 4 members (excludes halogenated alkanes) is 36. The van der Waals surface area contributed by atoms with Gasteiger partial charge in [0.1, 0.15) is 13.2 Å². The monoisotopic (exact) mass is 914 g/mol. The van der Waals surface area contributed by atoms with E-state index in [2.05, 4.69) is 31.3 Å². The Bertz CT molecular complexity index is 1040. The molecule has 8 nitrogen and oxygen atoms in total. The molecule has 0 heterocycles. The summed E-state index contributed by atoms with van der Waals surface area (Å²) in [6, 6.07) is -0.762. The Morgan fingerprint density at radius 3 is 1.22 bits per heavy atom. The molecule has 0 aromatic heterocycles. The first-order valence-electron chi connectivity index (χ1n) is 27.6. The van der Waals surface area contributed by atoms with Crippen molar-refractivity contribution in [3.63, 3.8) is 0 Å². The van der Waals surface area contributed by atoms with Crippen molar-refractivity contribution in [3.05, 3.63) is 12.2 Å². The molecule has 0 rings (SSSR count). The molecule has 0 aliphatic heterocycles. The summed E-state index contributed by atoms with van der Waals surface area (Å²) >= 11 is 0. The average Bonchev–Trinajstić information content (AvgIpc) is 3.24. The lowest BCUT2D eigenvalue weighted by Crippen LogP contribution is -2.46. The Morgan fingerprint density at radius 2 is 0.857 bits per heavy atom. The van der Waals surface area contributed by atoms with E-state index < -0.39 is 20.0 Å². The third-order valence-electron chi connectivity index (χ3n) is 12.8. The zero-order valence-corrected chi connectivity index (χ0v) is 43.7. The van der Waals surface area contributed by atoms with E-state index in [1.807, 2.05) is 21.1 Å². The molecule has 0 radical (unpaired) electrons. The van der Waals surface area contributed by atoms with Crippen molar-refractivity contribution in [2.45, 2.75) is 289 Å². The Hall–Kier alpha value is -0.760. The second-order valence-electron chi connectivity index (χ2n) is 20.3. The van der Waals surface area contributed by atoms with E-state index in [1.165, 1.54) is 205 Å². The maximum absolute atomic E-state index is 13.0. The highest BCUT2D eigenvalue weighted by Crippen LogP contribution is 2.43. The van der Waals surface area contributed by atoms with E-state index >= 15 is 0 Å². The van der Waals surface area contributed by atoms with E-state index in [0.29, 0.717) is 23.9 Å². The number of hydrogen-bond acceptors (Lipinski definition) is 5. The molecule has 0 aromatic rings. The van der Waals surface area contributed by atoms with Gasteiger partial charge in [-0.2, -0.15) is 0 Å². The molecule has 0 saturated heterocycles. The number of hydrogen-bond donors (Lipinski definition) is 3. The van der Waals surface area contributed by atoms with Crippen LogP contribution >= 0.6 is 7.82 Å². The van der Waals surface area contributed by atoms with Crippen LogP contribution in [0.25, 0.3) is 0 Å². The highest BCUT2D eigenvalue weighted by molar-refractivity contribution is 7.47. The number of amides is 1. The Balaban J connectivity index is 4.19. The molecule has 3 unspecified atom stereocenters. The van der Waals surface area contributed by atoms with E-state index in [4.69, 9.17) is 9.05 Å². The van der Waals surface area contributed by atoms with Gasteiger partial charge in [0.15, 0.2) is 0 Å². The lowest BCUT2D eigenvalue weighted by molar-refractivity contribution is -0.870. The van der Waals surface area contributed by atoms with Gasteiger partial charge in [0, 0.05) is 6.42 Å². The van der Waals surface area contributed by atoms with Crippen molar-refractivity contribution < 1.29 is 32.9 Å². The summed E-state index contributed by atoms with van der Waals surface area (Å²) in [5, 5.41) is 14.1. The van der Waals surface area contributed by atoms with E-state index in [1.54, 1.807) is 0 Å². The molecule has 3 N–H and O–H groups in total. The van der Waals surface area contributed by atoms with Crippen molar-refractivity contribution in [1.82, 2.24) is 5.32 Å². The maximum atomic E-state index is 13.0. The second kappa shape index (κ2) is 46.4. The number of aliphatic hydroxyl groups excluding tert-OH is 1. The maximum Gasteiger partial charge on any atom is 0.472 e. The molecule has 63 heavy (non-hydrogen) atoms. The van der Waals surface area contributed by atoms with Crippen molar-refractivity contribution in [2.75, 3.05) is 40.9 Å². The normalized spacial score (nSPS) is 14.1. The highest BCUT2D eigenvalue weighted by Gasteiger charge is 2.28. The van der Waals surface area contributed by atoms with Gasteiger partial charge in [-0.25, -0.2) is 4.57 Å². The summed E-state index contributed by atoms with van der Waals surface area (Å²) in [4.78, 5) is 23.3. The predicted octanol–water partition coefficient (Wildman–Crippen LogP) is 16.3. The predicted molar refractivity (Wildman–Crippen MR) is 272 cm³/mol. The molecule has 376 valence electrons. The fourth-order valence-corrected chi connectivity index (χ4v) is 9.13. The number of aliphatic hydroxyl groups is 1. The first-order chi connectivity index (χ1) is 30.5. The molecule has 0 fully saturated rings. The summed E-state index contributed by atoms with van der Waals surface area (Å²) < 4.78 is 23.8. The number of phosphoric acid groups is 1. The molecule has 0 saturated carbocycles. The molecule has 9 heteroatoms. The topological polar surface area (TPSA) is 105 Å². The Kier molecular flexibility index (Phi) is 45.8. The lowest BCUT2D eigenvalue weighted by Gasteiger charge is -2.26. The minimum atomic E-state index is -4.32. The van der Waals surface area contributed by atoms with Gasteiger partial charge in [-0.15, -0.1) is 0 Å². The van der Waals surface area contributed by atoms with Gasteiger partial charge in [-0.1, -0.05) is 244 Å². The van der Waals surface area contributed by atoms with Gasteiger partial charge in [-0.3, -0.25) is 13.8 Å². The fourth-order valence-electron chi connectivity index (χ4n) is 8.40. The van der Waals surface area contributed by atoms with Crippen LogP contribution in [0.5, 0.6) is 0 Å². The van der Waals surface area contributed by atoms with E-state index in [0.717, 1.165) is 44.9 Å². The highest BCUT2D eigenvalue weighted by atomic mass is 31.2. The molecule has 3 atom stereocenters. The van der Waals surface area contributed by atoms with Crippen LogP contribution in [0, 0.1) is 0 Å². The van der Waals surface area contributed by atoms with Gasteiger partial charge in [0.2, 0.25) is 5.91 Å². The van der Waals surface area contributed by atoms with Crippen LogP contribution in [-0.2, 0) is 18.4 Å². The summed E-state index contributed by atoms with van der Waals surface area (Å²) in [6.07, 6.45) is 55.4. The van der Waals surface area contributed by atoms with Crippen molar-refractivity contribution >= 4 is 13.7 Å². The molecule has 0 aliphatic carbocycles. The van der Waals surface area contributed by atoms with Crippen LogP contribution in [0.2, 0.25) is 0 Å². The van der Waals surface area contributed by atoms with E-state index in [9.17, 15) is 19.4 Å². The SMILES string of the molecule is CCCCCCCCCCC/C=C\CCCCCCCC(=O)NC(COP(=O)(O)OCC[N+](C)(C)C)C(O)CCCCCCCCCCCCCCCCCCCCCCCCC. The zero-order valence-electron chi connectivity index (χ0n) is 42.8. The van der Waals surface area contributed by atoms with E-state index in [-0.39, 0.29) is 19.1 Å². The number of phosphoric ester groups is 1. The van der Waals surface area contributed by atoms with Crippen molar-refractivity contribution in [1.29, 1.82) is 0 Å². The summed E-state index contributed by atoms with van der Waals surface area (Å²) in [6.45, 7) is 4.92. The summed E-state index contributed by atoms with van der Waals surface area (Å²) in [7, 11) is 1.62. The van der Waals surface area contributed by atoms with Gasteiger partial charge in [-0.05, 0) is 38.5 Å². The second-order valence-corrected chi connectivity index (χ2v) is 21.8. The number of allylic oxidation sites excluding steroid dienone is 2. The number of rotatable bonds is 51. The molecule has 0 aromatic carbocycles. The van der Waals surface area contributed by atoms with Crippen molar-refractivity contribution in [2.24, 2.45) is 0 Å². The Morgan fingerprint density at radius 1 is 0.524 bits per heavy atom. The third kappa shape index (κ3) is 49.0. The molecule has 0 bridgehead atoms. The number of carbonyl (C=O) groups is 1. The fraction of sp³-hybridized carbons (Fsp3) is 0.944. The van der Waals surface area contributed by atoms with Crippen LogP contribution < -0.4 is 5.32 Å². The van der Waals surface area contributed by atoms with Crippen LogP contribution in [-0.4, -0.2) is 73.4 Å². The molecule has 0 spiro atoms. The van der Waals surface area contributed by atoms with Gasteiger partial charge in [0.25, 0.3) is 0 Å². The first kappa shape index (κ1) is 62.2. The molecular formula is C54H110N2O6P+. The van der Waals surface area contributed by atoms with Crippen LogP contribution in [0.1, 0.15) is 277 Å². The molecule has 1 amide bonds. The lowest BCUT2D eigenvalue weighted by atomic mass is 10.0. The zero-order chi connectivity index (χ0) is 46.4. The van der Waals surface area contributed by atoms with Gasteiger partial charge in [0.05, 0.1) is 39.9 Å². The number of nitrogens with zero attached hydrogens (tertiary/aromatic N) is 1. The first-order valence-corrected chi connectivity index (χ1v) is 29.0. The van der Waals surface area contributed by atoms with Gasteiger partial charge >= 0.3 is 7.82 Å². The standard InChI is InChI=1S/C54H109N2O6P/c1-6-8-10-12-14-16-18-20-22-24-26-27-28-29-30-31-33-35-37-39-41-43-45-47-53(57)52(51-62-63(59,60)61-50-49-56(3,4)5)55-54(58)48-46-44-42-40-38-36-34-32-25-23-21-19-17-15-13-11-9-7-2/h32,34,52-53,57H,6-31,33,35-51H2,1-5H3,(H-,55,58,59,60)/p+1/b34-32-. The number of likely N-dealkylation sites (N-methyl/N-ethyl adjacent to an activating group) is 1. The van der Waals surface area contributed by atoms with Crippen molar-refractivity contribution in [3.8, 4) is 0 Å². The summed E-state index contributed by atoms with van der Waals surface area (Å²) in [5.74, 6) is -0.148. The van der Waals surface area contributed by atoms with Gasteiger partial charge < -0.3 is 19.8 Å². The smallest absolute Gasteiger partial charge is 0.391 e. The largest absolute Gasteiger partial charge is 0.472 e. The van der Waals surface area contributed by atoms with Crippen LogP contribution in [0.3, 0.4) is 0 Å². The molecule has 0 aliphatic rings. The number of carbonyl (C=O) groups excluding carboxylic acids is 1. The average molecular weight is 914 g/mol. The minimum absolute atomic E-state index is 0.0754. The minimum Gasteiger partial charge on any atom is -0.391 e. The molecular weight excluding hydrogens is 804 g/mol. The van der Waals surface area contributed by atoms with Crippen LogP contribution in [0.4, 0.5) is 0 Å². The third-order valence-corrected chi connectivity index (χ3v) is 13.7. The quantitative estimate of drug-likeness (QED) is 0.0243. The number of nitrogens with one attached hydrogen (secondary N) is 1. The van der Waals surface area contributed by atoms with Crippen LogP contribution in [0.15, 0.2) is 12.2 Å². The summed E-state index contributed by atoms with van der Waals surface area (Å²) in [5.41, 5.74) is 0. The number of quaternary nitrogens is 1.